The second-order valence-corrected chi connectivity index (χ2v) is 6.53. The highest BCUT2D eigenvalue weighted by molar-refractivity contribution is 6.31. The molecule has 1 aliphatic heterocycles. The van der Waals surface area contributed by atoms with E-state index in [-0.39, 0.29) is 11.8 Å². The maximum atomic E-state index is 12.6. The van der Waals surface area contributed by atoms with Crippen molar-refractivity contribution in [3.05, 3.63) is 28.3 Å². The number of carbonyl (C=O) groups is 2. The van der Waals surface area contributed by atoms with Gasteiger partial charge in [0, 0.05) is 31.5 Å². The lowest BCUT2D eigenvalue weighted by Crippen LogP contribution is -2.36. The van der Waals surface area contributed by atoms with E-state index in [9.17, 15) is 9.59 Å². The fraction of sp³-hybridized carbons (Fsp3) is 0.556. The monoisotopic (exact) mass is 336 g/mol. The lowest BCUT2D eigenvalue weighted by atomic mass is 9.97. The van der Waals surface area contributed by atoms with Crippen molar-refractivity contribution in [2.45, 2.75) is 52.4 Å². The summed E-state index contributed by atoms with van der Waals surface area (Å²) in [5.41, 5.74) is 3.24. The van der Waals surface area contributed by atoms with Crippen LogP contribution in [0.15, 0.2) is 12.1 Å². The highest BCUT2D eigenvalue weighted by Gasteiger charge is 2.24. The first-order valence-corrected chi connectivity index (χ1v) is 8.71. The van der Waals surface area contributed by atoms with Gasteiger partial charge in [0.15, 0.2) is 0 Å². The maximum Gasteiger partial charge on any atom is 0.226 e. The van der Waals surface area contributed by atoms with Gasteiger partial charge in [-0.25, -0.2) is 0 Å². The Labute approximate surface area is 143 Å². The number of unbranched alkanes of at least 4 members (excludes halogenated alkanes) is 2. The molecule has 5 heteroatoms. The first-order chi connectivity index (χ1) is 11.0. The largest absolute Gasteiger partial charge is 0.356 e. The van der Waals surface area contributed by atoms with E-state index in [2.05, 4.69) is 5.32 Å². The topological polar surface area (TPSA) is 49.4 Å². The predicted octanol–water partition coefficient (Wildman–Crippen LogP) is 3.62. The Bertz CT molecular complexity index is 587. The van der Waals surface area contributed by atoms with Crippen LogP contribution in [0.5, 0.6) is 0 Å². The van der Waals surface area contributed by atoms with Crippen molar-refractivity contribution in [2.24, 2.45) is 0 Å². The summed E-state index contributed by atoms with van der Waals surface area (Å²) in [5, 5.41) is 3.50. The molecule has 1 heterocycles. The van der Waals surface area contributed by atoms with E-state index >= 15 is 0 Å². The summed E-state index contributed by atoms with van der Waals surface area (Å²) in [4.78, 5) is 25.3. The highest BCUT2D eigenvalue weighted by Crippen LogP contribution is 2.35. The normalized spacial score (nSPS) is 13.6. The molecule has 0 saturated carbocycles. The first kappa shape index (κ1) is 17.8. The van der Waals surface area contributed by atoms with Crippen molar-refractivity contribution in [2.75, 3.05) is 18.0 Å². The van der Waals surface area contributed by atoms with Crippen LogP contribution in [0.1, 0.15) is 50.2 Å². The van der Waals surface area contributed by atoms with Crippen LogP contribution < -0.4 is 10.2 Å². The van der Waals surface area contributed by atoms with Crippen LogP contribution in [0.4, 0.5) is 5.69 Å². The van der Waals surface area contributed by atoms with Gasteiger partial charge in [-0.3, -0.25) is 9.59 Å². The third-order valence-corrected chi connectivity index (χ3v) is 4.70. The number of nitrogens with zero attached hydrogens (tertiary/aromatic N) is 1. The third kappa shape index (κ3) is 4.71. The maximum absolute atomic E-state index is 12.6. The number of anilines is 1. The molecular formula is C18H25ClN2O2. The van der Waals surface area contributed by atoms with Crippen molar-refractivity contribution in [3.63, 3.8) is 0 Å². The van der Waals surface area contributed by atoms with Crippen LogP contribution in [0.25, 0.3) is 0 Å². The number of halogens is 1. The molecule has 0 aliphatic carbocycles. The van der Waals surface area contributed by atoms with Gasteiger partial charge in [-0.2, -0.15) is 0 Å². The number of hydrogen-bond donors (Lipinski definition) is 1. The molecule has 0 atom stereocenters. The molecule has 0 spiro atoms. The molecule has 1 aliphatic rings. The minimum atomic E-state index is -0.00152. The molecule has 1 aromatic rings. The summed E-state index contributed by atoms with van der Waals surface area (Å²) in [6.45, 7) is 4.97. The minimum Gasteiger partial charge on any atom is -0.356 e. The number of aryl methyl sites for hydroxylation is 1. The molecule has 0 bridgehead atoms. The average Bonchev–Trinajstić information content (AvgIpc) is 2.53. The van der Waals surface area contributed by atoms with Gasteiger partial charge in [-0.15, -0.1) is 0 Å². The second kappa shape index (κ2) is 8.34. The van der Waals surface area contributed by atoms with E-state index in [0.717, 1.165) is 54.9 Å². The van der Waals surface area contributed by atoms with Crippen molar-refractivity contribution in [1.29, 1.82) is 0 Å². The summed E-state index contributed by atoms with van der Waals surface area (Å²) in [6.07, 6.45) is 5.26. The van der Waals surface area contributed by atoms with Crippen LogP contribution in [0.2, 0.25) is 5.02 Å². The number of fused-ring (bicyclic) bond motifs is 1. The Morgan fingerprint density at radius 2 is 2.04 bits per heavy atom. The Morgan fingerprint density at radius 1 is 1.26 bits per heavy atom. The molecule has 2 rings (SSSR count). The molecule has 0 fully saturated rings. The average molecular weight is 337 g/mol. The van der Waals surface area contributed by atoms with Crippen LogP contribution in [0.3, 0.4) is 0 Å². The van der Waals surface area contributed by atoms with Gasteiger partial charge < -0.3 is 10.2 Å². The molecule has 4 nitrogen and oxygen atoms in total. The third-order valence-electron chi connectivity index (χ3n) is 4.29. The van der Waals surface area contributed by atoms with E-state index in [0.29, 0.717) is 13.0 Å². The van der Waals surface area contributed by atoms with Crippen molar-refractivity contribution in [3.8, 4) is 0 Å². The summed E-state index contributed by atoms with van der Waals surface area (Å²) in [7, 11) is 0. The predicted molar refractivity (Wildman–Crippen MR) is 94.0 cm³/mol. The smallest absolute Gasteiger partial charge is 0.226 e. The van der Waals surface area contributed by atoms with Crippen molar-refractivity contribution >= 4 is 29.1 Å². The van der Waals surface area contributed by atoms with Crippen LogP contribution in [0, 0.1) is 6.92 Å². The van der Waals surface area contributed by atoms with Gasteiger partial charge in [0.05, 0.1) is 5.69 Å². The number of carbonyl (C=O) groups excluding carboxylic acids is 2. The molecule has 2 amide bonds. The summed E-state index contributed by atoms with van der Waals surface area (Å²) >= 11 is 6.23. The molecule has 0 unspecified atom stereocenters. The van der Waals surface area contributed by atoms with Crippen LogP contribution in [-0.2, 0) is 16.0 Å². The Balaban J connectivity index is 1.89. The van der Waals surface area contributed by atoms with Gasteiger partial charge in [0.2, 0.25) is 11.8 Å². The zero-order chi connectivity index (χ0) is 16.8. The van der Waals surface area contributed by atoms with Crippen molar-refractivity contribution < 1.29 is 9.59 Å². The van der Waals surface area contributed by atoms with Crippen molar-refractivity contribution in [1.82, 2.24) is 5.32 Å². The lowest BCUT2D eigenvalue weighted by molar-refractivity contribution is -0.119. The van der Waals surface area contributed by atoms with E-state index < -0.39 is 0 Å². The molecule has 0 saturated heterocycles. The molecule has 126 valence electrons. The zero-order valence-electron chi connectivity index (χ0n) is 14.0. The van der Waals surface area contributed by atoms with Crippen LogP contribution in [-0.4, -0.2) is 24.9 Å². The fourth-order valence-electron chi connectivity index (χ4n) is 3.08. The Hall–Kier alpha value is -1.55. The number of nitrogens with one attached hydrogen (secondary N) is 1. The summed E-state index contributed by atoms with van der Waals surface area (Å²) in [5.74, 6) is 0.175. The van der Waals surface area contributed by atoms with E-state index in [1.807, 2.05) is 24.0 Å². The van der Waals surface area contributed by atoms with Gasteiger partial charge in [-0.1, -0.05) is 24.1 Å². The van der Waals surface area contributed by atoms with E-state index in [1.165, 1.54) is 12.5 Å². The molecule has 0 radical (unpaired) electrons. The first-order valence-electron chi connectivity index (χ1n) is 8.33. The van der Waals surface area contributed by atoms with Crippen LogP contribution >= 0.6 is 11.6 Å². The number of rotatable bonds is 6. The summed E-state index contributed by atoms with van der Waals surface area (Å²) < 4.78 is 0. The Kier molecular flexibility index (Phi) is 6.46. The second-order valence-electron chi connectivity index (χ2n) is 6.12. The summed E-state index contributed by atoms with van der Waals surface area (Å²) in [6, 6.07) is 3.96. The Morgan fingerprint density at radius 3 is 2.78 bits per heavy atom. The molecule has 0 aromatic heterocycles. The lowest BCUT2D eigenvalue weighted by Gasteiger charge is -2.31. The standard InChI is InChI=1S/C18H25ClN2O2/c1-13-16(19)10-9-15-7-6-12-21(18(13)15)17(23)8-4-3-5-11-20-14(2)22/h9-10H,3-8,11-12H2,1-2H3,(H,20,22). The zero-order valence-corrected chi connectivity index (χ0v) is 14.7. The van der Waals surface area contributed by atoms with Gasteiger partial charge in [-0.05, 0) is 49.8 Å². The van der Waals surface area contributed by atoms with E-state index in [4.69, 9.17) is 11.6 Å². The molecule has 1 aromatic carbocycles. The number of hydrogen-bond acceptors (Lipinski definition) is 2. The van der Waals surface area contributed by atoms with Gasteiger partial charge >= 0.3 is 0 Å². The van der Waals surface area contributed by atoms with Gasteiger partial charge in [0.1, 0.15) is 0 Å². The SMILES string of the molecule is CC(=O)NCCCCCC(=O)N1CCCc2ccc(Cl)c(C)c21. The highest BCUT2D eigenvalue weighted by atomic mass is 35.5. The quantitative estimate of drug-likeness (QED) is 0.806. The van der Waals surface area contributed by atoms with Gasteiger partial charge in [0.25, 0.3) is 0 Å². The molecular weight excluding hydrogens is 312 g/mol. The molecule has 23 heavy (non-hydrogen) atoms. The number of amides is 2. The van der Waals surface area contributed by atoms with E-state index in [1.54, 1.807) is 0 Å². The fourth-order valence-corrected chi connectivity index (χ4v) is 3.23. The number of benzene rings is 1. The minimum absolute atomic E-state index is 0.00152. The molecule has 1 N–H and O–H groups in total.